The highest BCUT2D eigenvalue weighted by Crippen LogP contribution is 2.29. The Morgan fingerprint density at radius 2 is 2.05 bits per heavy atom. The minimum Gasteiger partial charge on any atom is -0.329 e. The van der Waals surface area contributed by atoms with Crippen LogP contribution in [-0.2, 0) is 13.2 Å². The van der Waals surface area contributed by atoms with Crippen molar-refractivity contribution in [1.29, 1.82) is 0 Å². The summed E-state index contributed by atoms with van der Waals surface area (Å²) in [5.74, 6) is -1.56. The molecule has 10 heteroatoms. The number of aromatic nitrogens is 6. The van der Waals surface area contributed by atoms with E-state index in [2.05, 4.69) is 30.0 Å². The Balaban J connectivity index is 1.98. The summed E-state index contributed by atoms with van der Waals surface area (Å²) in [7, 11) is 1.69. The molecule has 3 aromatic rings. The van der Waals surface area contributed by atoms with Crippen molar-refractivity contribution in [1.82, 2.24) is 30.1 Å². The minimum absolute atomic E-state index is 0.171. The van der Waals surface area contributed by atoms with Crippen LogP contribution in [0.25, 0.3) is 22.8 Å². The maximum atomic E-state index is 12.4. The van der Waals surface area contributed by atoms with Gasteiger partial charge in [0.15, 0.2) is 0 Å². The predicted octanol–water partition coefficient (Wildman–Crippen LogP) is 1.95. The normalized spacial score (nSPS) is 11.8. The zero-order chi connectivity index (χ0) is 15.0. The van der Waals surface area contributed by atoms with Crippen molar-refractivity contribution in [3.8, 4) is 22.8 Å². The third kappa shape index (κ3) is 2.59. The lowest BCUT2D eigenvalue weighted by Gasteiger charge is -1.98. The van der Waals surface area contributed by atoms with Gasteiger partial charge >= 0.3 is 12.1 Å². The molecular formula is C11H7F3N6O. The topological polar surface area (TPSA) is 82.5 Å². The highest BCUT2D eigenvalue weighted by molar-refractivity contribution is 5.63. The summed E-state index contributed by atoms with van der Waals surface area (Å²) in [6, 6.07) is 2.99. The van der Waals surface area contributed by atoms with Gasteiger partial charge in [0, 0.05) is 18.8 Å². The Hall–Kier alpha value is -2.78. The Bertz CT molecular complexity index is 778. The molecule has 0 saturated heterocycles. The average Bonchev–Trinajstić information content (AvgIpc) is 3.07. The Labute approximate surface area is 115 Å². The van der Waals surface area contributed by atoms with Crippen LogP contribution < -0.4 is 0 Å². The first-order valence-corrected chi connectivity index (χ1v) is 5.67. The fraction of sp³-hybridized carbons (Fsp3) is 0.182. The molecule has 3 aromatic heterocycles. The highest BCUT2D eigenvalue weighted by atomic mass is 19.4. The number of alkyl halides is 3. The van der Waals surface area contributed by atoms with Gasteiger partial charge in [-0.15, -0.1) is 5.10 Å². The van der Waals surface area contributed by atoms with E-state index in [-0.39, 0.29) is 5.82 Å². The van der Waals surface area contributed by atoms with Gasteiger partial charge < -0.3 is 4.52 Å². The van der Waals surface area contributed by atoms with Crippen LogP contribution in [0.5, 0.6) is 0 Å². The zero-order valence-electron chi connectivity index (χ0n) is 10.5. The summed E-state index contributed by atoms with van der Waals surface area (Å²) in [6.07, 6.45) is -1.63. The van der Waals surface area contributed by atoms with E-state index < -0.39 is 12.1 Å². The summed E-state index contributed by atoms with van der Waals surface area (Å²) in [4.78, 5) is 7.40. The van der Waals surface area contributed by atoms with E-state index in [4.69, 9.17) is 0 Å². The minimum atomic E-state index is -4.67. The smallest absolute Gasteiger partial charge is 0.329 e. The van der Waals surface area contributed by atoms with Gasteiger partial charge in [0.05, 0.1) is 11.9 Å². The second-order valence-electron chi connectivity index (χ2n) is 4.13. The lowest BCUT2D eigenvalue weighted by molar-refractivity contribution is -0.159. The van der Waals surface area contributed by atoms with Crippen molar-refractivity contribution >= 4 is 0 Å². The van der Waals surface area contributed by atoms with Gasteiger partial charge in [0.2, 0.25) is 5.82 Å². The van der Waals surface area contributed by atoms with Crippen LogP contribution in [0, 0.1) is 0 Å². The molecule has 0 aliphatic heterocycles. The Morgan fingerprint density at radius 1 is 1.24 bits per heavy atom. The molecule has 0 spiro atoms. The zero-order valence-corrected chi connectivity index (χ0v) is 10.5. The predicted molar refractivity (Wildman–Crippen MR) is 62.5 cm³/mol. The van der Waals surface area contributed by atoms with E-state index in [1.807, 2.05) is 0 Å². The van der Waals surface area contributed by atoms with E-state index in [9.17, 15) is 13.2 Å². The van der Waals surface area contributed by atoms with Gasteiger partial charge in [-0.1, -0.05) is 10.4 Å². The molecule has 0 unspecified atom stereocenters. The molecule has 0 aliphatic carbocycles. The van der Waals surface area contributed by atoms with E-state index >= 15 is 0 Å². The molecule has 108 valence electrons. The molecule has 0 fully saturated rings. The van der Waals surface area contributed by atoms with Crippen molar-refractivity contribution < 1.29 is 17.7 Å². The van der Waals surface area contributed by atoms with Crippen LogP contribution in [0.1, 0.15) is 5.89 Å². The average molecular weight is 296 g/mol. The number of nitrogens with zero attached hydrogens (tertiary/aromatic N) is 6. The Kier molecular flexibility index (Phi) is 2.92. The molecule has 0 N–H and O–H groups in total. The number of halogens is 3. The third-order valence-electron chi connectivity index (χ3n) is 2.55. The highest BCUT2D eigenvalue weighted by Gasteiger charge is 2.38. The second kappa shape index (κ2) is 4.65. The first kappa shape index (κ1) is 13.2. The first-order chi connectivity index (χ1) is 9.93. The molecule has 3 rings (SSSR count). The summed E-state index contributed by atoms with van der Waals surface area (Å²) < 4.78 is 43.0. The summed E-state index contributed by atoms with van der Waals surface area (Å²) in [6.45, 7) is 0. The van der Waals surface area contributed by atoms with Gasteiger partial charge in [-0.25, -0.2) is 0 Å². The first-order valence-electron chi connectivity index (χ1n) is 5.67. The molecule has 0 radical (unpaired) electrons. The third-order valence-corrected chi connectivity index (χ3v) is 2.55. The lowest BCUT2D eigenvalue weighted by Crippen LogP contribution is -2.04. The molecule has 0 amide bonds. The molecule has 3 heterocycles. The van der Waals surface area contributed by atoms with Crippen molar-refractivity contribution in [3.05, 3.63) is 30.4 Å². The molecule has 0 saturated carbocycles. The van der Waals surface area contributed by atoms with Gasteiger partial charge in [-0.2, -0.15) is 18.2 Å². The number of hydrogen-bond donors (Lipinski definition) is 0. The van der Waals surface area contributed by atoms with Gasteiger partial charge in [0.25, 0.3) is 0 Å². The van der Waals surface area contributed by atoms with Crippen LogP contribution in [0.2, 0.25) is 0 Å². The summed E-state index contributed by atoms with van der Waals surface area (Å²) >= 11 is 0. The van der Waals surface area contributed by atoms with Crippen molar-refractivity contribution in [2.45, 2.75) is 6.18 Å². The molecule has 0 atom stereocenters. The van der Waals surface area contributed by atoms with Crippen LogP contribution in [0.15, 0.2) is 29.0 Å². The maximum absolute atomic E-state index is 12.4. The number of hydrogen-bond acceptors (Lipinski definition) is 6. The fourth-order valence-electron chi connectivity index (χ4n) is 1.63. The van der Waals surface area contributed by atoms with Gasteiger partial charge in [-0.05, 0) is 12.1 Å². The molecular weight excluding hydrogens is 289 g/mol. The quantitative estimate of drug-likeness (QED) is 0.718. The molecule has 7 nitrogen and oxygen atoms in total. The van der Waals surface area contributed by atoms with Crippen molar-refractivity contribution in [3.63, 3.8) is 0 Å². The van der Waals surface area contributed by atoms with E-state index in [1.165, 1.54) is 23.0 Å². The summed E-state index contributed by atoms with van der Waals surface area (Å²) in [5.41, 5.74) is 1.27. The van der Waals surface area contributed by atoms with E-state index in [0.29, 0.717) is 17.0 Å². The molecule has 0 aliphatic rings. The SMILES string of the molecule is Cn1cc(-c2cc(-c3noc(C(F)(F)F)n3)ccn2)nn1. The number of aryl methyl sites for hydroxylation is 1. The fourth-order valence-corrected chi connectivity index (χ4v) is 1.63. The Morgan fingerprint density at radius 3 is 2.67 bits per heavy atom. The number of rotatable bonds is 2. The van der Waals surface area contributed by atoms with Crippen molar-refractivity contribution in [2.24, 2.45) is 7.05 Å². The van der Waals surface area contributed by atoms with Gasteiger partial charge in [0.1, 0.15) is 5.69 Å². The molecule has 21 heavy (non-hydrogen) atoms. The second-order valence-corrected chi connectivity index (χ2v) is 4.13. The maximum Gasteiger partial charge on any atom is 0.471 e. The van der Waals surface area contributed by atoms with Crippen LogP contribution in [-0.4, -0.2) is 30.1 Å². The summed E-state index contributed by atoms with van der Waals surface area (Å²) in [5, 5.41) is 10.9. The van der Waals surface area contributed by atoms with Gasteiger partial charge in [-0.3, -0.25) is 9.67 Å². The molecule has 0 bridgehead atoms. The number of pyridine rings is 1. The molecule has 0 aromatic carbocycles. The van der Waals surface area contributed by atoms with E-state index in [0.717, 1.165) is 0 Å². The lowest BCUT2D eigenvalue weighted by atomic mass is 10.2. The van der Waals surface area contributed by atoms with Crippen LogP contribution in [0.4, 0.5) is 13.2 Å². The monoisotopic (exact) mass is 296 g/mol. The largest absolute Gasteiger partial charge is 0.471 e. The standard InChI is InChI=1S/C11H7F3N6O/c1-20-5-8(17-19-20)7-4-6(2-3-15-7)9-16-10(21-18-9)11(12,13)14/h2-5H,1H3. The van der Waals surface area contributed by atoms with Crippen molar-refractivity contribution in [2.75, 3.05) is 0 Å². The van der Waals surface area contributed by atoms with Crippen LogP contribution >= 0.6 is 0 Å². The van der Waals surface area contributed by atoms with E-state index in [1.54, 1.807) is 13.2 Å². The van der Waals surface area contributed by atoms with Crippen LogP contribution in [0.3, 0.4) is 0 Å².